The number of non-ortho nitro benzene ring substituents is 1. The minimum absolute atomic E-state index is 0.0282. The van der Waals surface area contributed by atoms with Crippen LogP contribution in [-0.2, 0) is 0 Å². The minimum Gasteiger partial charge on any atom is -0.490 e. The van der Waals surface area contributed by atoms with E-state index in [0.29, 0.717) is 46.4 Å². The fraction of sp³-hybridized carbons (Fsp3) is 0.400. The monoisotopic (exact) mass is 456 g/mol. The molecule has 0 saturated heterocycles. The summed E-state index contributed by atoms with van der Waals surface area (Å²) in [7, 11) is 0. The average Bonchev–Trinajstić information content (AvgIpc) is 2.78. The lowest BCUT2D eigenvalue weighted by Crippen LogP contribution is -2.02. The first-order chi connectivity index (χ1) is 15.5. The summed E-state index contributed by atoms with van der Waals surface area (Å²) in [4.78, 5) is 10.4. The summed E-state index contributed by atoms with van der Waals surface area (Å²) < 4.78 is 11.7. The maximum absolute atomic E-state index is 10.8. The number of nitro groups is 1. The lowest BCUT2D eigenvalue weighted by molar-refractivity contribution is -0.384. The highest BCUT2D eigenvalue weighted by molar-refractivity contribution is 6.32. The van der Waals surface area contributed by atoms with Gasteiger partial charge >= 0.3 is 0 Å². The highest BCUT2D eigenvalue weighted by Gasteiger charge is 2.13. The van der Waals surface area contributed by atoms with Crippen molar-refractivity contribution < 1.29 is 14.4 Å². The number of hydrogen-bond donors (Lipinski definition) is 0. The van der Waals surface area contributed by atoms with E-state index in [-0.39, 0.29) is 5.69 Å². The van der Waals surface area contributed by atoms with Crippen LogP contribution in [0.25, 0.3) is 11.6 Å². The van der Waals surface area contributed by atoms with Crippen LogP contribution in [-0.4, -0.2) is 18.1 Å². The van der Waals surface area contributed by atoms with Crippen LogP contribution in [0.1, 0.15) is 63.5 Å². The fourth-order valence-corrected chi connectivity index (χ4v) is 3.51. The van der Waals surface area contributed by atoms with Gasteiger partial charge in [-0.2, -0.15) is 5.26 Å². The van der Waals surface area contributed by atoms with Gasteiger partial charge in [0.25, 0.3) is 5.69 Å². The van der Waals surface area contributed by atoms with Gasteiger partial charge in [-0.15, -0.1) is 0 Å². The Hall–Kier alpha value is -3.04. The SMILES string of the molecule is CCCCCCCCOc1c(Cl)cc(/C=C(\C#N)c2ccc([N+](=O)[O-])cc2)cc1OCC. The third kappa shape index (κ3) is 7.58. The lowest BCUT2D eigenvalue weighted by Gasteiger charge is -2.14. The molecule has 0 radical (unpaired) electrons. The molecule has 0 aromatic heterocycles. The number of hydrogen-bond acceptors (Lipinski definition) is 5. The third-order valence-corrected chi connectivity index (χ3v) is 5.18. The van der Waals surface area contributed by atoms with Crippen molar-refractivity contribution in [1.82, 2.24) is 0 Å². The largest absolute Gasteiger partial charge is 0.490 e. The van der Waals surface area contributed by atoms with Crippen molar-refractivity contribution in [3.63, 3.8) is 0 Å². The van der Waals surface area contributed by atoms with Gasteiger partial charge in [-0.05, 0) is 54.8 Å². The van der Waals surface area contributed by atoms with Crippen LogP contribution in [0, 0.1) is 21.4 Å². The molecule has 0 bridgehead atoms. The van der Waals surface area contributed by atoms with Gasteiger partial charge in [-0.1, -0.05) is 50.6 Å². The Morgan fingerprint density at radius 3 is 2.41 bits per heavy atom. The van der Waals surface area contributed by atoms with Crippen LogP contribution in [0.15, 0.2) is 36.4 Å². The maximum atomic E-state index is 10.8. The zero-order chi connectivity index (χ0) is 23.3. The Morgan fingerprint density at radius 2 is 1.78 bits per heavy atom. The Bertz CT molecular complexity index is 965. The molecule has 0 spiro atoms. The maximum Gasteiger partial charge on any atom is 0.269 e. The highest BCUT2D eigenvalue weighted by atomic mass is 35.5. The highest BCUT2D eigenvalue weighted by Crippen LogP contribution is 2.38. The van der Waals surface area contributed by atoms with E-state index >= 15 is 0 Å². The third-order valence-electron chi connectivity index (χ3n) is 4.90. The second kappa shape index (κ2) is 13.4. The van der Waals surface area contributed by atoms with E-state index in [4.69, 9.17) is 21.1 Å². The topological polar surface area (TPSA) is 85.4 Å². The molecule has 32 heavy (non-hydrogen) atoms. The summed E-state index contributed by atoms with van der Waals surface area (Å²) in [5.74, 6) is 1.03. The van der Waals surface area contributed by atoms with Crippen LogP contribution in [0.3, 0.4) is 0 Å². The van der Waals surface area contributed by atoms with E-state index in [2.05, 4.69) is 13.0 Å². The molecular weight excluding hydrogens is 428 g/mol. The minimum atomic E-state index is -0.475. The number of rotatable bonds is 13. The Kier molecular flexibility index (Phi) is 10.6. The molecule has 0 saturated carbocycles. The van der Waals surface area contributed by atoms with Crippen LogP contribution >= 0.6 is 11.6 Å². The molecule has 0 aliphatic rings. The van der Waals surface area contributed by atoms with E-state index in [1.54, 1.807) is 30.3 Å². The molecule has 6 nitrogen and oxygen atoms in total. The van der Waals surface area contributed by atoms with Gasteiger partial charge < -0.3 is 9.47 Å². The summed E-state index contributed by atoms with van der Waals surface area (Å²) in [6.07, 6.45) is 8.68. The van der Waals surface area contributed by atoms with Gasteiger partial charge in [0.15, 0.2) is 11.5 Å². The van der Waals surface area contributed by atoms with Gasteiger partial charge in [-0.25, -0.2) is 0 Å². The second-order valence-corrected chi connectivity index (χ2v) is 7.76. The van der Waals surface area contributed by atoms with Crippen molar-refractivity contribution in [1.29, 1.82) is 5.26 Å². The summed E-state index contributed by atoms with van der Waals surface area (Å²) in [6, 6.07) is 11.5. The molecule has 2 rings (SSSR count). The predicted octanol–water partition coefficient (Wildman–Crippen LogP) is 7.45. The fourth-order valence-electron chi connectivity index (χ4n) is 3.24. The van der Waals surface area contributed by atoms with Crippen LogP contribution in [0.4, 0.5) is 5.69 Å². The first-order valence-corrected chi connectivity index (χ1v) is 11.3. The lowest BCUT2D eigenvalue weighted by atomic mass is 10.0. The van der Waals surface area contributed by atoms with Gasteiger partial charge in [0.1, 0.15) is 0 Å². The summed E-state index contributed by atoms with van der Waals surface area (Å²) >= 11 is 6.49. The molecule has 0 aliphatic heterocycles. The zero-order valence-electron chi connectivity index (χ0n) is 18.6. The summed E-state index contributed by atoms with van der Waals surface area (Å²) in [5.41, 5.74) is 1.59. The van der Waals surface area contributed by atoms with E-state index in [0.717, 1.165) is 12.8 Å². The Morgan fingerprint density at radius 1 is 1.09 bits per heavy atom. The van der Waals surface area contributed by atoms with Gasteiger partial charge in [-0.3, -0.25) is 10.1 Å². The molecule has 0 fully saturated rings. The molecule has 7 heteroatoms. The zero-order valence-corrected chi connectivity index (χ0v) is 19.4. The van der Waals surface area contributed by atoms with Crippen molar-refractivity contribution in [2.75, 3.05) is 13.2 Å². The molecule has 2 aromatic rings. The number of nitrogens with zero attached hydrogens (tertiary/aromatic N) is 2. The first-order valence-electron chi connectivity index (χ1n) is 11.0. The number of unbranched alkanes of at least 4 members (excludes halogenated alkanes) is 5. The molecule has 0 aliphatic carbocycles. The number of benzene rings is 2. The molecule has 0 atom stereocenters. The standard InChI is InChI=1S/C25H29ClN2O4/c1-3-5-6-7-8-9-14-32-25-23(26)16-19(17-24(25)31-4-2)15-21(18-27)20-10-12-22(13-11-20)28(29)30/h10-13,15-17H,3-9,14H2,1-2H3/b21-15+. The number of allylic oxidation sites excluding steroid dienone is 1. The quantitative estimate of drug-likeness (QED) is 0.103. The smallest absolute Gasteiger partial charge is 0.269 e. The molecule has 0 unspecified atom stereocenters. The molecule has 2 aromatic carbocycles. The number of halogens is 1. The molecule has 0 heterocycles. The number of nitriles is 1. The molecular formula is C25H29ClN2O4. The van der Waals surface area contributed by atoms with E-state index in [9.17, 15) is 15.4 Å². The van der Waals surface area contributed by atoms with Crippen LogP contribution in [0.5, 0.6) is 11.5 Å². The van der Waals surface area contributed by atoms with Crippen molar-refractivity contribution in [3.05, 3.63) is 62.7 Å². The van der Waals surface area contributed by atoms with Crippen molar-refractivity contribution in [2.45, 2.75) is 52.4 Å². The van der Waals surface area contributed by atoms with Crippen molar-refractivity contribution in [3.8, 4) is 17.6 Å². The van der Waals surface area contributed by atoms with E-state index < -0.39 is 4.92 Å². The van der Waals surface area contributed by atoms with E-state index in [1.165, 1.54) is 37.8 Å². The Labute approximate surface area is 194 Å². The predicted molar refractivity (Wildman–Crippen MR) is 128 cm³/mol. The molecule has 170 valence electrons. The van der Waals surface area contributed by atoms with Gasteiger partial charge in [0.2, 0.25) is 0 Å². The normalized spacial score (nSPS) is 11.1. The van der Waals surface area contributed by atoms with Crippen LogP contribution in [0.2, 0.25) is 5.02 Å². The van der Waals surface area contributed by atoms with Gasteiger partial charge in [0, 0.05) is 12.1 Å². The second-order valence-electron chi connectivity index (χ2n) is 7.35. The van der Waals surface area contributed by atoms with E-state index in [1.807, 2.05) is 6.92 Å². The number of ether oxygens (including phenoxy) is 2. The van der Waals surface area contributed by atoms with Crippen molar-refractivity contribution >= 4 is 28.9 Å². The first kappa shape index (κ1) is 25.2. The molecule has 0 N–H and O–H groups in total. The van der Waals surface area contributed by atoms with Crippen molar-refractivity contribution in [2.24, 2.45) is 0 Å². The Balaban J connectivity index is 2.17. The number of nitro benzene ring substituents is 1. The average molecular weight is 457 g/mol. The summed E-state index contributed by atoms with van der Waals surface area (Å²) in [5, 5.41) is 20.9. The molecule has 0 amide bonds. The van der Waals surface area contributed by atoms with Gasteiger partial charge in [0.05, 0.1) is 34.8 Å². The summed E-state index contributed by atoms with van der Waals surface area (Å²) in [6.45, 7) is 5.09. The van der Waals surface area contributed by atoms with Crippen LogP contribution < -0.4 is 9.47 Å².